The van der Waals surface area contributed by atoms with Gasteiger partial charge in [0, 0.05) is 22.7 Å². The third-order valence-electron chi connectivity index (χ3n) is 7.77. The predicted octanol–water partition coefficient (Wildman–Crippen LogP) is 5.76. The Morgan fingerprint density at radius 2 is 1.58 bits per heavy atom. The highest BCUT2D eigenvalue weighted by Gasteiger charge is 2.38. The van der Waals surface area contributed by atoms with Gasteiger partial charge in [-0.2, -0.15) is 0 Å². The van der Waals surface area contributed by atoms with E-state index in [-0.39, 0.29) is 35.0 Å². The Labute approximate surface area is 213 Å². The van der Waals surface area contributed by atoms with E-state index in [1.165, 1.54) is 6.07 Å². The van der Waals surface area contributed by atoms with E-state index in [1.807, 2.05) is 55.5 Å². The summed E-state index contributed by atoms with van der Waals surface area (Å²) in [6.07, 6.45) is 4.12. The molecule has 3 aromatic carbocycles. The van der Waals surface area contributed by atoms with Crippen molar-refractivity contribution >= 4 is 11.7 Å². The normalized spacial score (nSPS) is 20.6. The van der Waals surface area contributed by atoms with Crippen molar-refractivity contribution in [3.8, 4) is 0 Å². The van der Waals surface area contributed by atoms with Gasteiger partial charge in [0.05, 0.1) is 5.92 Å². The number of ketones is 1. The lowest BCUT2D eigenvalue weighted by Gasteiger charge is -2.45. The van der Waals surface area contributed by atoms with Gasteiger partial charge in [0.1, 0.15) is 5.82 Å². The molecule has 1 aliphatic rings. The van der Waals surface area contributed by atoms with Crippen LogP contribution in [-0.4, -0.2) is 42.3 Å². The standard InChI is InChI=1S/C31H35FN2O2/c1-22(24-13-9-14-25(20-24)29(35)23-10-5-4-6-11-23)30(36)33-27-16-18-31(19-17-27,34(2)3)21-26-12-7-8-15-28(26)32/h4-15,20,22,27H,16-19,21H2,1-3H3,(H,33,36). The Bertz CT molecular complexity index is 1200. The van der Waals surface area contributed by atoms with Crippen LogP contribution in [0.2, 0.25) is 0 Å². The molecule has 1 saturated carbocycles. The summed E-state index contributed by atoms with van der Waals surface area (Å²) in [6.45, 7) is 1.88. The molecule has 5 heteroatoms. The number of benzene rings is 3. The average molecular weight is 487 g/mol. The van der Waals surface area contributed by atoms with Crippen molar-refractivity contribution in [3.63, 3.8) is 0 Å². The Morgan fingerprint density at radius 1 is 0.944 bits per heavy atom. The molecule has 4 nitrogen and oxygen atoms in total. The number of carbonyl (C=O) groups is 2. The van der Waals surface area contributed by atoms with Gasteiger partial charge >= 0.3 is 0 Å². The van der Waals surface area contributed by atoms with E-state index in [1.54, 1.807) is 24.3 Å². The lowest BCUT2D eigenvalue weighted by Crippen LogP contribution is -2.52. The van der Waals surface area contributed by atoms with Crippen LogP contribution >= 0.6 is 0 Å². The summed E-state index contributed by atoms with van der Waals surface area (Å²) in [6, 6.07) is 23.6. The number of rotatable bonds is 8. The van der Waals surface area contributed by atoms with E-state index in [4.69, 9.17) is 0 Å². The molecule has 1 N–H and O–H groups in total. The quantitative estimate of drug-likeness (QED) is 0.412. The number of halogens is 1. The van der Waals surface area contributed by atoms with Crippen LogP contribution in [0.5, 0.6) is 0 Å². The summed E-state index contributed by atoms with van der Waals surface area (Å²) in [5, 5.41) is 3.23. The highest BCUT2D eigenvalue weighted by atomic mass is 19.1. The molecule has 0 spiro atoms. The van der Waals surface area contributed by atoms with Crippen LogP contribution in [0.4, 0.5) is 4.39 Å². The molecule has 0 radical (unpaired) electrons. The van der Waals surface area contributed by atoms with Crippen LogP contribution in [0.3, 0.4) is 0 Å². The molecule has 1 aliphatic carbocycles. The molecule has 0 bridgehead atoms. The fraction of sp³-hybridized carbons (Fsp3) is 0.355. The number of hydrogen-bond acceptors (Lipinski definition) is 3. The number of likely N-dealkylation sites (N-methyl/N-ethyl adjacent to an activating group) is 1. The number of nitrogens with zero attached hydrogens (tertiary/aromatic N) is 1. The van der Waals surface area contributed by atoms with Crippen molar-refractivity contribution in [2.75, 3.05) is 14.1 Å². The smallest absolute Gasteiger partial charge is 0.227 e. The van der Waals surface area contributed by atoms with Crippen molar-refractivity contribution in [3.05, 3.63) is 107 Å². The van der Waals surface area contributed by atoms with Crippen molar-refractivity contribution in [1.82, 2.24) is 10.2 Å². The summed E-state index contributed by atoms with van der Waals surface area (Å²) >= 11 is 0. The molecule has 1 unspecified atom stereocenters. The SMILES string of the molecule is CC(C(=O)NC1CCC(Cc2ccccc2F)(N(C)C)CC1)c1cccc(C(=O)c2ccccc2)c1. The molecule has 0 aliphatic heterocycles. The molecule has 1 fully saturated rings. The number of hydrogen-bond donors (Lipinski definition) is 1. The van der Waals surface area contributed by atoms with E-state index in [0.717, 1.165) is 36.8 Å². The molecule has 4 rings (SSSR count). The van der Waals surface area contributed by atoms with Gasteiger partial charge in [-0.1, -0.05) is 66.7 Å². The van der Waals surface area contributed by atoms with E-state index < -0.39 is 0 Å². The molecule has 1 atom stereocenters. The Hall–Kier alpha value is -3.31. The topological polar surface area (TPSA) is 49.4 Å². The average Bonchev–Trinajstić information content (AvgIpc) is 2.90. The molecule has 36 heavy (non-hydrogen) atoms. The maximum absolute atomic E-state index is 14.4. The summed E-state index contributed by atoms with van der Waals surface area (Å²) in [7, 11) is 4.12. The zero-order chi connectivity index (χ0) is 25.7. The minimum Gasteiger partial charge on any atom is -0.353 e. The molecule has 0 heterocycles. The number of amides is 1. The van der Waals surface area contributed by atoms with Gasteiger partial charge in [-0.05, 0) is 76.4 Å². The first kappa shape index (κ1) is 25.8. The first-order valence-electron chi connectivity index (χ1n) is 12.7. The largest absolute Gasteiger partial charge is 0.353 e. The van der Waals surface area contributed by atoms with Gasteiger partial charge < -0.3 is 10.2 Å². The molecule has 188 valence electrons. The Kier molecular flexibility index (Phi) is 8.00. The number of nitrogens with one attached hydrogen (secondary N) is 1. The van der Waals surface area contributed by atoms with Crippen molar-refractivity contribution < 1.29 is 14.0 Å². The number of carbonyl (C=O) groups excluding carboxylic acids is 2. The van der Waals surface area contributed by atoms with E-state index in [2.05, 4.69) is 24.3 Å². The van der Waals surface area contributed by atoms with Crippen LogP contribution in [-0.2, 0) is 11.2 Å². The fourth-order valence-corrected chi connectivity index (χ4v) is 5.26. The van der Waals surface area contributed by atoms with E-state index >= 15 is 0 Å². The van der Waals surface area contributed by atoms with Gasteiger partial charge in [0.2, 0.25) is 5.91 Å². The zero-order valence-electron chi connectivity index (χ0n) is 21.3. The van der Waals surface area contributed by atoms with Crippen molar-refractivity contribution in [2.45, 2.75) is 56.5 Å². The summed E-state index contributed by atoms with van der Waals surface area (Å²) in [4.78, 5) is 28.2. The molecule has 1 amide bonds. The second kappa shape index (κ2) is 11.2. The van der Waals surface area contributed by atoms with Gasteiger partial charge in [-0.3, -0.25) is 9.59 Å². The molecular weight excluding hydrogens is 451 g/mol. The van der Waals surface area contributed by atoms with Crippen LogP contribution in [0.15, 0.2) is 78.9 Å². The lowest BCUT2D eigenvalue weighted by atomic mass is 9.74. The van der Waals surface area contributed by atoms with Crippen LogP contribution in [0.1, 0.15) is 65.6 Å². The van der Waals surface area contributed by atoms with E-state index in [9.17, 15) is 14.0 Å². The highest BCUT2D eigenvalue weighted by molar-refractivity contribution is 6.09. The van der Waals surface area contributed by atoms with Crippen LogP contribution < -0.4 is 5.32 Å². The Balaban J connectivity index is 1.39. The van der Waals surface area contributed by atoms with Crippen molar-refractivity contribution in [2.24, 2.45) is 0 Å². The third kappa shape index (κ3) is 5.73. The van der Waals surface area contributed by atoms with Gasteiger partial charge in [-0.25, -0.2) is 4.39 Å². The first-order chi connectivity index (χ1) is 17.3. The second-order valence-corrected chi connectivity index (χ2v) is 10.2. The second-order valence-electron chi connectivity index (χ2n) is 10.2. The zero-order valence-corrected chi connectivity index (χ0v) is 21.3. The van der Waals surface area contributed by atoms with Gasteiger partial charge in [0.25, 0.3) is 0 Å². The van der Waals surface area contributed by atoms with E-state index in [0.29, 0.717) is 17.5 Å². The van der Waals surface area contributed by atoms with Crippen LogP contribution in [0, 0.1) is 5.82 Å². The summed E-state index contributed by atoms with van der Waals surface area (Å²) in [5.74, 6) is -0.605. The predicted molar refractivity (Wildman–Crippen MR) is 142 cm³/mol. The highest BCUT2D eigenvalue weighted by Crippen LogP contribution is 2.36. The first-order valence-corrected chi connectivity index (χ1v) is 12.7. The third-order valence-corrected chi connectivity index (χ3v) is 7.77. The van der Waals surface area contributed by atoms with Gasteiger partial charge in [0.15, 0.2) is 5.78 Å². The molecule has 0 saturated heterocycles. The minimum absolute atomic E-state index is 0.0317. The molecule has 0 aromatic heterocycles. The van der Waals surface area contributed by atoms with Crippen molar-refractivity contribution in [1.29, 1.82) is 0 Å². The molecule has 3 aromatic rings. The fourth-order valence-electron chi connectivity index (χ4n) is 5.26. The summed E-state index contributed by atoms with van der Waals surface area (Å²) in [5.41, 5.74) is 2.66. The lowest BCUT2D eigenvalue weighted by molar-refractivity contribution is -0.123. The van der Waals surface area contributed by atoms with Crippen LogP contribution in [0.25, 0.3) is 0 Å². The maximum Gasteiger partial charge on any atom is 0.227 e. The maximum atomic E-state index is 14.4. The van der Waals surface area contributed by atoms with Gasteiger partial charge in [-0.15, -0.1) is 0 Å². The monoisotopic (exact) mass is 486 g/mol. The minimum atomic E-state index is -0.368. The summed E-state index contributed by atoms with van der Waals surface area (Å²) < 4.78 is 14.4. The Morgan fingerprint density at radius 3 is 2.25 bits per heavy atom. The molecular formula is C31H35FN2O2.